The predicted molar refractivity (Wildman–Crippen MR) is 108 cm³/mol. The van der Waals surface area contributed by atoms with Crippen molar-refractivity contribution in [3.8, 4) is 5.95 Å². The first kappa shape index (κ1) is 21.1. The van der Waals surface area contributed by atoms with Crippen LogP contribution in [0.2, 0.25) is 0 Å². The highest BCUT2D eigenvalue weighted by Crippen LogP contribution is 2.19. The van der Waals surface area contributed by atoms with Crippen molar-refractivity contribution in [2.75, 3.05) is 6.54 Å². The third-order valence-corrected chi connectivity index (χ3v) is 5.12. The van der Waals surface area contributed by atoms with Crippen molar-refractivity contribution in [3.05, 3.63) is 34.4 Å². The summed E-state index contributed by atoms with van der Waals surface area (Å²) in [6.45, 7) is 15.1. The summed E-state index contributed by atoms with van der Waals surface area (Å²) < 4.78 is 1.76. The molecule has 0 saturated heterocycles. The summed E-state index contributed by atoms with van der Waals surface area (Å²) in [6.07, 6.45) is 3.45. The third kappa shape index (κ3) is 4.93. The van der Waals surface area contributed by atoms with E-state index in [0.717, 1.165) is 54.1 Å². The molecule has 0 aliphatic heterocycles. The molecule has 0 fully saturated rings. The fourth-order valence-electron chi connectivity index (χ4n) is 3.32. The van der Waals surface area contributed by atoms with E-state index in [4.69, 9.17) is 0 Å². The van der Waals surface area contributed by atoms with E-state index >= 15 is 0 Å². The van der Waals surface area contributed by atoms with Gasteiger partial charge in [-0.2, -0.15) is 5.10 Å². The van der Waals surface area contributed by atoms with Crippen LogP contribution in [0, 0.1) is 27.7 Å². The fourth-order valence-corrected chi connectivity index (χ4v) is 3.32. The fraction of sp³-hybridized carbons (Fsp3) is 0.619. The van der Waals surface area contributed by atoms with Crippen molar-refractivity contribution in [2.24, 2.45) is 0 Å². The number of amides is 1. The highest BCUT2D eigenvalue weighted by molar-refractivity contribution is 5.79. The Hall–Kier alpha value is -2.24. The van der Waals surface area contributed by atoms with E-state index in [1.54, 1.807) is 4.68 Å². The van der Waals surface area contributed by atoms with Crippen molar-refractivity contribution in [1.82, 2.24) is 24.6 Å². The largest absolute Gasteiger partial charge is 0.340 e. The summed E-state index contributed by atoms with van der Waals surface area (Å²) in [4.78, 5) is 24.1. The second kappa shape index (κ2) is 9.11. The van der Waals surface area contributed by atoms with Gasteiger partial charge in [-0.3, -0.25) is 4.79 Å². The van der Waals surface area contributed by atoms with Crippen molar-refractivity contribution in [3.63, 3.8) is 0 Å². The highest BCUT2D eigenvalue weighted by Gasteiger charge is 2.23. The average molecular weight is 372 g/mol. The summed E-state index contributed by atoms with van der Waals surface area (Å²) in [5.74, 6) is 0.737. The molecule has 0 spiro atoms. The normalized spacial score (nSPS) is 12.3. The van der Waals surface area contributed by atoms with Gasteiger partial charge in [-0.15, -0.1) is 0 Å². The van der Waals surface area contributed by atoms with E-state index in [0.29, 0.717) is 12.4 Å². The molecular weight excluding hydrogens is 338 g/mol. The maximum atomic E-state index is 13.0. The van der Waals surface area contributed by atoms with Gasteiger partial charge in [-0.1, -0.05) is 20.3 Å². The quantitative estimate of drug-likeness (QED) is 0.707. The van der Waals surface area contributed by atoms with Crippen molar-refractivity contribution in [2.45, 2.75) is 80.2 Å². The van der Waals surface area contributed by atoms with Crippen LogP contribution in [0.1, 0.15) is 68.4 Å². The Kier molecular flexibility index (Phi) is 7.11. The van der Waals surface area contributed by atoms with Crippen LogP contribution in [-0.2, 0) is 11.2 Å². The zero-order valence-corrected chi connectivity index (χ0v) is 17.8. The van der Waals surface area contributed by atoms with Crippen LogP contribution in [0.15, 0.2) is 6.07 Å². The summed E-state index contributed by atoms with van der Waals surface area (Å²) in [5.41, 5.74) is 4.59. The van der Waals surface area contributed by atoms with Crippen LogP contribution in [0.3, 0.4) is 0 Å². The molecule has 148 valence electrons. The monoisotopic (exact) mass is 371 g/mol. The standard InChI is InChI=1S/C21H33N5O/c1-8-10-11-25(16(5)9-2)20(27)13-19-17(6)24-26(18(19)7)21-22-14(3)12-15(4)23-21/h12,16H,8-11,13H2,1-7H3. The molecule has 1 amide bonds. The van der Waals surface area contributed by atoms with Crippen LogP contribution in [-0.4, -0.2) is 43.1 Å². The molecule has 0 N–H and O–H groups in total. The number of hydrogen-bond donors (Lipinski definition) is 0. The number of carbonyl (C=O) groups is 1. The van der Waals surface area contributed by atoms with E-state index in [9.17, 15) is 4.79 Å². The van der Waals surface area contributed by atoms with Crippen LogP contribution in [0.5, 0.6) is 0 Å². The maximum absolute atomic E-state index is 13.0. The van der Waals surface area contributed by atoms with Crippen molar-refractivity contribution >= 4 is 5.91 Å². The van der Waals surface area contributed by atoms with Crippen LogP contribution in [0.4, 0.5) is 0 Å². The molecule has 2 aromatic heterocycles. The number of aryl methyl sites for hydroxylation is 3. The molecule has 0 saturated carbocycles. The Balaban J connectivity index is 2.31. The molecule has 2 rings (SSSR count). The molecule has 1 unspecified atom stereocenters. The Labute approximate surface area is 163 Å². The van der Waals surface area contributed by atoms with E-state index in [-0.39, 0.29) is 11.9 Å². The first-order valence-electron chi connectivity index (χ1n) is 9.95. The minimum absolute atomic E-state index is 0.171. The SMILES string of the molecule is CCCCN(C(=O)Cc1c(C)nn(-c2nc(C)cc(C)n2)c1C)C(C)CC. The van der Waals surface area contributed by atoms with Gasteiger partial charge in [-0.25, -0.2) is 14.6 Å². The van der Waals surface area contributed by atoms with E-state index in [1.165, 1.54) is 0 Å². The molecule has 27 heavy (non-hydrogen) atoms. The minimum Gasteiger partial charge on any atom is -0.340 e. The molecule has 1 atom stereocenters. The number of hydrogen-bond acceptors (Lipinski definition) is 4. The number of unbranched alkanes of at least 4 members (excludes halogenated alkanes) is 1. The van der Waals surface area contributed by atoms with Crippen LogP contribution >= 0.6 is 0 Å². The number of aromatic nitrogens is 4. The van der Waals surface area contributed by atoms with Gasteiger partial charge in [-0.05, 0) is 53.5 Å². The van der Waals surface area contributed by atoms with Gasteiger partial charge in [0.15, 0.2) is 0 Å². The van der Waals surface area contributed by atoms with E-state index in [2.05, 4.69) is 35.8 Å². The Bertz CT molecular complexity index is 776. The summed E-state index contributed by atoms with van der Waals surface area (Å²) in [5, 5.41) is 4.62. The lowest BCUT2D eigenvalue weighted by Crippen LogP contribution is -2.40. The zero-order valence-electron chi connectivity index (χ0n) is 17.8. The summed E-state index contributed by atoms with van der Waals surface area (Å²) >= 11 is 0. The van der Waals surface area contributed by atoms with Crippen LogP contribution < -0.4 is 0 Å². The van der Waals surface area contributed by atoms with Crippen LogP contribution in [0.25, 0.3) is 5.95 Å². The van der Waals surface area contributed by atoms with Gasteiger partial charge in [0, 0.05) is 35.2 Å². The molecule has 6 heteroatoms. The molecule has 0 aliphatic carbocycles. The maximum Gasteiger partial charge on any atom is 0.251 e. The van der Waals surface area contributed by atoms with Gasteiger partial charge in [0.1, 0.15) is 0 Å². The van der Waals surface area contributed by atoms with Gasteiger partial charge in [0.25, 0.3) is 5.95 Å². The van der Waals surface area contributed by atoms with Crippen molar-refractivity contribution in [1.29, 1.82) is 0 Å². The first-order chi connectivity index (χ1) is 12.8. The highest BCUT2D eigenvalue weighted by atomic mass is 16.2. The van der Waals surface area contributed by atoms with E-state index in [1.807, 2.05) is 38.7 Å². The van der Waals surface area contributed by atoms with Gasteiger partial charge >= 0.3 is 0 Å². The van der Waals surface area contributed by atoms with Crippen molar-refractivity contribution < 1.29 is 4.79 Å². The molecule has 6 nitrogen and oxygen atoms in total. The topological polar surface area (TPSA) is 63.9 Å². The molecule has 2 aromatic rings. The number of carbonyl (C=O) groups excluding carboxylic acids is 1. The van der Waals surface area contributed by atoms with Gasteiger partial charge in [0.2, 0.25) is 5.91 Å². The van der Waals surface area contributed by atoms with E-state index < -0.39 is 0 Å². The molecule has 0 bridgehead atoms. The predicted octanol–water partition coefficient (Wildman–Crippen LogP) is 3.87. The Morgan fingerprint density at radius 1 is 1.15 bits per heavy atom. The lowest BCUT2D eigenvalue weighted by atomic mass is 10.1. The second-order valence-electron chi connectivity index (χ2n) is 7.39. The van der Waals surface area contributed by atoms with Gasteiger partial charge in [0.05, 0.1) is 12.1 Å². The smallest absolute Gasteiger partial charge is 0.251 e. The zero-order chi connectivity index (χ0) is 20.1. The Morgan fingerprint density at radius 2 is 1.78 bits per heavy atom. The average Bonchev–Trinajstić information content (AvgIpc) is 2.89. The lowest BCUT2D eigenvalue weighted by molar-refractivity contribution is -0.132. The number of rotatable bonds is 8. The minimum atomic E-state index is 0.171. The molecule has 2 heterocycles. The first-order valence-corrected chi connectivity index (χ1v) is 9.95. The van der Waals surface area contributed by atoms with Gasteiger partial charge < -0.3 is 4.90 Å². The summed E-state index contributed by atoms with van der Waals surface area (Å²) in [7, 11) is 0. The number of nitrogens with zero attached hydrogens (tertiary/aromatic N) is 5. The third-order valence-electron chi connectivity index (χ3n) is 5.12. The Morgan fingerprint density at radius 3 is 2.33 bits per heavy atom. The molecular formula is C21H33N5O. The molecule has 0 aliphatic rings. The molecule has 0 aromatic carbocycles. The second-order valence-corrected chi connectivity index (χ2v) is 7.39. The lowest BCUT2D eigenvalue weighted by Gasteiger charge is -2.28. The molecule has 0 radical (unpaired) electrons. The summed E-state index contributed by atoms with van der Waals surface area (Å²) in [6, 6.07) is 2.19.